The quantitative estimate of drug-likeness (QED) is 0.513. The van der Waals surface area contributed by atoms with Gasteiger partial charge in [-0.25, -0.2) is 0 Å². The number of hydrogen-bond donors (Lipinski definition) is 1. The van der Waals surface area contributed by atoms with Crippen LogP contribution in [0, 0.1) is 20.2 Å². The minimum absolute atomic E-state index is 0.0425. The molecule has 0 radical (unpaired) electrons. The Hall–Kier alpha value is -3.86. The molecular weight excluding hydrogens is 382 g/mol. The highest BCUT2D eigenvalue weighted by Gasteiger charge is 2.21. The third-order valence-corrected chi connectivity index (χ3v) is 3.67. The highest BCUT2D eigenvalue weighted by molar-refractivity contribution is 6.33. The summed E-state index contributed by atoms with van der Waals surface area (Å²) in [5, 5.41) is 31.8. The molecule has 0 atom stereocenters. The zero-order chi connectivity index (χ0) is 19.6. The van der Waals surface area contributed by atoms with Crippen molar-refractivity contribution in [3.05, 3.63) is 73.3 Å². The Balaban J connectivity index is 1.87. The molecule has 12 heteroatoms. The summed E-state index contributed by atoms with van der Waals surface area (Å²) in [6.07, 6.45) is 0. The molecule has 0 aliphatic rings. The smallest absolute Gasteiger partial charge is 0.322 e. The predicted octanol–water partition coefficient (Wildman–Crippen LogP) is 3.46. The Morgan fingerprint density at radius 3 is 2.26 bits per heavy atom. The number of nitrogens with zero attached hydrogens (tertiary/aromatic N) is 4. The molecule has 0 unspecified atom stereocenters. The van der Waals surface area contributed by atoms with Crippen molar-refractivity contribution in [1.82, 2.24) is 10.2 Å². The van der Waals surface area contributed by atoms with Crippen molar-refractivity contribution >= 4 is 34.9 Å². The summed E-state index contributed by atoms with van der Waals surface area (Å²) in [6, 6.07) is 8.89. The summed E-state index contributed by atoms with van der Waals surface area (Å²) in [7, 11) is 0. The maximum Gasteiger partial charge on any atom is 0.322 e. The van der Waals surface area contributed by atoms with Gasteiger partial charge >= 0.3 is 6.01 Å². The molecule has 0 aliphatic heterocycles. The SMILES string of the molecule is O=C(Nc1nnc(-c2ccccc2Cl)o1)c1cc([N+](=O)[O-])cc([N+](=O)[O-])c1. The van der Waals surface area contributed by atoms with Crippen LogP contribution in [0.25, 0.3) is 11.5 Å². The maximum atomic E-state index is 12.3. The van der Waals surface area contributed by atoms with Gasteiger partial charge in [-0.2, -0.15) is 0 Å². The van der Waals surface area contributed by atoms with Crippen molar-refractivity contribution < 1.29 is 19.1 Å². The molecule has 1 aromatic heterocycles. The number of carbonyl (C=O) groups is 1. The Morgan fingerprint density at radius 1 is 1.04 bits per heavy atom. The van der Waals surface area contributed by atoms with Gasteiger partial charge in [0.1, 0.15) is 0 Å². The van der Waals surface area contributed by atoms with Crippen LogP contribution < -0.4 is 5.32 Å². The molecule has 0 spiro atoms. The molecule has 27 heavy (non-hydrogen) atoms. The number of benzene rings is 2. The van der Waals surface area contributed by atoms with Crippen LogP contribution >= 0.6 is 11.6 Å². The van der Waals surface area contributed by atoms with E-state index in [-0.39, 0.29) is 17.5 Å². The number of carbonyl (C=O) groups excluding carboxylic acids is 1. The summed E-state index contributed by atoms with van der Waals surface area (Å²) in [5.74, 6) is -0.850. The van der Waals surface area contributed by atoms with Crippen LogP contribution in [0.15, 0.2) is 46.9 Å². The molecule has 1 N–H and O–H groups in total. The van der Waals surface area contributed by atoms with Crippen molar-refractivity contribution in [2.75, 3.05) is 5.32 Å². The Morgan fingerprint density at radius 2 is 1.67 bits per heavy atom. The molecule has 0 aliphatic carbocycles. The fraction of sp³-hybridized carbons (Fsp3) is 0. The van der Waals surface area contributed by atoms with E-state index in [0.29, 0.717) is 10.6 Å². The number of amides is 1. The van der Waals surface area contributed by atoms with E-state index in [0.717, 1.165) is 18.2 Å². The van der Waals surface area contributed by atoms with E-state index in [1.807, 2.05) is 0 Å². The third-order valence-electron chi connectivity index (χ3n) is 3.34. The van der Waals surface area contributed by atoms with Crippen molar-refractivity contribution in [3.8, 4) is 11.5 Å². The number of anilines is 1. The lowest BCUT2D eigenvalue weighted by Gasteiger charge is -2.01. The fourth-order valence-corrected chi connectivity index (χ4v) is 2.34. The second kappa shape index (κ2) is 7.17. The number of nitro groups is 2. The second-order valence-electron chi connectivity index (χ2n) is 5.10. The van der Waals surface area contributed by atoms with E-state index >= 15 is 0 Å². The first-order valence-electron chi connectivity index (χ1n) is 7.19. The molecule has 0 saturated heterocycles. The zero-order valence-corrected chi connectivity index (χ0v) is 13.9. The number of aromatic nitrogens is 2. The highest BCUT2D eigenvalue weighted by atomic mass is 35.5. The van der Waals surface area contributed by atoms with Crippen molar-refractivity contribution in [1.29, 1.82) is 0 Å². The Labute approximate surface area is 154 Å². The number of non-ortho nitro benzene ring substituents is 2. The van der Waals surface area contributed by atoms with E-state index < -0.39 is 27.1 Å². The number of hydrogen-bond acceptors (Lipinski definition) is 8. The van der Waals surface area contributed by atoms with Crippen LogP contribution in [-0.2, 0) is 0 Å². The molecule has 3 rings (SSSR count). The van der Waals surface area contributed by atoms with Gasteiger partial charge in [-0.1, -0.05) is 28.8 Å². The largest absolute Gasteiger partial charge is 0.403 e. The van der Waals surface area contributed by atoms with E-state index in [1.54, 1.807) is 24.3 Å². The first-order valence-corrected chi connectivity index (χ1v) is 7.56. The van der Waals surface area contributed by atoms with Gasteiger partial charge in [-0.05, 0) is 12.1 Å². The average molecular weight is 390 g/mol. The number of halogens is 1. The fourth-order valence-electron chi connectivity index (χ4n) is 2.12. The minimum Gasteiger partial charge on any atom is -0.403 e. The monoisotopic (exact) mass is 389 g/mol. The van der Waals surface area contributed by atoms with Gasteiger partial charge in [-0.15, -0.1) is 5.10 Å². The topological polar surface area (TPSA) is 154 Å². The standard InChI is InChI=1S/C15H8ClN5O6/c16-12-4-2-1-3-11(12)14-18-19-15(27-14)17-13(22)8-5-9(20(23)24)7-10(6-8)21(25)26/h1-7H,(H,17,19,22). The van der Waals surface area contributed by atoms with E-state index in [4.69, 9.17) is 16.0 Å². The van der Waals surface area contributed by atoms with Crippen LogP contribution in [0.1, 0.15) is 10.4 Å². The lowest BCUT2D eigenvalue weighted by molar-refractivity contribution is -0.394. The Bertz CT molecular complexity index is 1030. The van der Waals surface area contributed by atoms with Gasteiger partial charge in [0.15, 0.2) is 0 Å². The minimum atomic E-state index is -0.892. The van der Waals surface area contributed by atoms with Crippen LogP contribution in [0.3, 0.4) is 0 Å². The lowest BCUT2D eigenvalue weighted by atomic mass is 10.1. The number of nitrogens with one attached hydrogen (secondary N) is 1. The first-order chi connectivity index (χ1) is 12.8. The van der Waals surface area contributed by atoms with Gasteiger partial charge in [-0.3, -0.25) is 30.3 Å². The summed E-state index contributed by atoms with van der Waals surface area (Å²) in [5.41, 5.74) is -1.07. The van der Waals surface area contributed by atoms with Crippen molar-refractivity contribution in [2.24, 2.45) is 0 Å². The summed E-state index contributed by atoms with van der Waals surface area (Å²) < 4.78 is 5.29. The zero-order valence-electron chi connectivity index (χ0n) is 13.2. The molecule has 136 valence electrons. The van der Waals surface area contributed by atoms with Gasteiger partial charge in [0.05, 0.1) is 32.1 Å². The van der Waals surface area contributed by atoms with Gasteiger partial charge in [0.25, 0.3) is 23.2 Å². The molecule has 3 aromatic rings. The molecule has 0 fully saturated rings. The summed E-state index contributed by atoms with van der Waals surface area (Å²) in [4.78, 5) is 32.4. The van der Waals surface area contributed by atoms with Crippen LogP contribution in [0.5, 0.6) is 0 Å². The third kappa shape index (κ3) is 3.88. The number of rotatable bonds is 5. The highest BCUT2D eigenvalue weighted by Crippen LogP contribution is 2.28. The van der Waals surface area contributed by atoms with Gasteiger partial charge in [0, 0.05) is 12.1 Å². The summed E-state index contributed by atoms with van der Waals surface area (Å²) >= 11 is 6.02. The lowest BCUT2D eigenvalue weighted by Crippen LogP contribution is -2.13. The normalized spacial score (nSPS) is 10.4. The summed E-state index contributed by atoms with van der Waals surface area (Å²) in [6.45, 7) is 0. The molecule has 0 saturated carbocycles. The van der Waals surface area contributed by atoms with E-state index in [2.05, 4.69) is 15.5 Å². The van der Waals surface area contributed by atoms with Crippen LogP contribution in [0.2, 0.25) is 5.02 Å². The van der Waals surface area contributed by atoms with Gasteiger partial charge in [0.2, 0.25) is 0 Å². The molecule has 11 nitrogen and oxygen atoms in total. The molecule has 1 amide bonds. The molecule has 2 aromatic carbocycles. The van der Waals surface area contributed by atoms with Crippen molar-refractivity contribution in [2.45, 2.75) is 0 Å². The van der Waals surface area contributed by atoms with Gasteiger partial charge < -0.3 is 4.42 Å². The van der Waals surface area contributed by atoms with Crippen LogP contribution in [0.4, 0.5) is 17.4 Å². The average Bonchev–Trinajstić information content (AvgIpc) is 3.09. The second-order valence-corrected chi connectivity index (χ2v) is 5.51. The predicted molar refractivity (Wildman–Crippen MR) is 92.4 cm³/mol. The first kappa shape index (κ1) is 17.9. The molecule has 0 bridgehead atoms. The molecular formula is C15H8ClN5O6. The molecule has 1 heterocycles. The van der Waals surface area contributed by atoms with E-state index in [9.17, 15) is 25.0 Å². The number of nitro benzene ring substituents is 2. The van der Waals surface area contributed by atoms with E-state index in [1.165, 1.54) is 0 Å². The maximum absolute atomic E-state index is 12.3. The van der Waals surface area contributed by atoms with Crippen molar-refractivity contribution in [3.63, 3.8) is 0 Å². The van der Waals surface area contributed by atoms with Crippen LogP contribution in [-0.4, -0.2) is 26.0 Å². The Kier molecular flexibility index (Phi) is 4.77.